The molecule has 5 heteroatoms. The van der Waals surface area contributed by atoms with Crippen LogP contribution in [0.15, 0.2) is 36.9 Å². The summed E-state index contributed by atoms with van der Waals surface area (Å²) in [6, 6.07) is 4.15. The zero-order chi connectivity index (χ0) is 14.7. The maximum absolute atomic E-state index is 12.4. The van der Waals surface area contributed by atoms with Gasteiger partial charge in [0, 0.05) is 44.9 Å². The first-order valence-electron chi connectivity index (χ1n) is 7.39. The molecule has 0 radical (unpaired) electrons. The molecule has 1 amide bonds. The SMILES string of the molecule is Cn1ccnc1C(=O)N1CCC(Cc2ccncc2)CC1. The summed E-state index contributed by atoms with van der Waals surface area (Å²) in [5, 5.41) is 0. The molecule has 1 aliphatic heterocycles. The number of carbonyl (C=O) groups excluding carboxylic acids is 1. The van der Waals surface area contributed by atoms with Crippen molar-refractivity contribution < 1.29 is 4.79 Å². The van der Waals surface area contributed by atoms with Crippen molar-refractivity contribution >= 4 is 5.91 Å². The monoisotopic (exact) mass is 284 g/mol. The van der Waals surface area contributed by atoms with Crippen LogP contribution in [0, 0.1) is 5.92 Å². The van der Waals surface area contributed by atoms with E-state index in [1.165, 1.54) is 5.56 Å². The van der Waals surface area contributed by atoms with Crippen LogP contribution >= 0.6 is 0 Å². The van der Waals surface area contributed by atoms with Gasteiger partial charge in [-0.05, 0) is 42.9 Å². The van der Waals surface area contributed by atoms with Crippen molar-refractivity contribution in [1.29, 1.82) is 0 Å². The Labute approximate surface area is 124 Å². The maximum atomic E-state index is 12.4. The number of carbonyl (C=O) groups is 1. The predicted octanol–water partition coefficient (Wildman–Crippen LogP) is 1.91. The van der Waals surface area contributed by atoms with Crippen LogP contribution in [0.4, 0.5) is 0 Å². The van der Waals surface area contributed by atoms with Crippen molar-refractivity contribution in [3.05, 3.63) is 48.3 Å². The highest BCUT2D eigenvalue weighted by molar-refractivity contribution is 5.90. The molecular formula is C16H20N4O. The average molecular weight is 284 g/mol. The van der Waals surface area contributed by atoms with Gasteiger partial charge in [0.05, 0.1) is 0 Å². The normalized spacial score (nSPS) is 16.1. The van der Waals surface area contributed by atoms with Crippen molar-refractivity contribution in [2.24, 2.45) is 13.0 Å². The Hall–Kier alpha value is -2.17. The van der Waals surface area contributed by atoms with E-state index in [0.717, 1.165) is 32.4 Å². The van der Waals surface area contributed by atoms with E-state index in [9.17, 15) is 4.79 Å². The lowest BCUT2D eigenvalue weighted by atomic mass is 9.90. The van der Waals surface area contributed by atoms with Gasteiger partial charge in [-0.25, -0.2) is 4.98 Å². The van der Waals surface area contributed by atoms with Crippen LogP contribution in [0.25, 0.3) is 0 Å². The molecular weight excluding hydrogens is 264 g/mol. The summed E-state index contributed by atoms with van der Waals surface area (Å²) < 4.78 is 1.78. The van der Waals surface area contributed by atoms with Crippen molar-refractivity contribution in [3.63, 3.8) is 0 Å². The number of amides is 1. The molecule has 1 fully saturated rings. The quantitative estimate of drug-likeness (QED) is 0.865. The Bertz CT molecular complexity index is 600. The molecule has 0 spiro atoms. The summed E-state index contributed by atoms with van der Waals surface area (Å²) in [6.07, 6.45) is 10.3. The second-order valence-electron chi connectivity index (χ2n) is 5.66. The Morgan fingerprint density at radius 3 is 2.57 bits per heavy atom. The molecule has 0 aromatic carbocycles. The Morgan fingerprint density at radius 1 is 1.24 bits per heavy atom. The molecule has 1 saturated heterocycles. The van der Waals surface area contributed by atoms with Crippen molar-refractivity contribution in [1.82, 2.24) is 19.4 Å². The molecule has 0 atom stereocenters. The standard InChI is InChI=1S/C16H20N4O/c1-19-11-8-18-15(19)16(21)20-9-4-14(5-10-20)12-13-2-6-17-7-3-13/h2-3,6-8,11,14H,4-5,9-10,12H2,1H3. The molecule has 110 valence electrons. The van der Waals surface area contributed by atoms with E-state index in [2.05, 4.69) is 22.1 Å². The third kappa shape index (κ3) is 3.12. The number of hydrogen-bond acceptors (Lipinski definition) is 3. The summed E-state index contributed by atoms with van der Waals surface area (Å²) in [6.45, 7) is 1.64. The van der Waals surface area contributed by atoms with E-state index < -0.39 is 0 Å². The number of hydrogen-bond donors (Lipinski definition) is 0. The summed E-state index contributed by atoms with van der Waals surface area (Å²) in [5.41, 5.74) is 1.33. The minimum Gasteiger partial charge on any atom is -0.336 e. The summed E-state index contributed by atoms with van der Waals surface area (Å²) in [4.78, 5) is 22.5. The maximum Gasteiger partial charge on any atom is 0.289 e. The van der Waals surface area contributed by atoms with Gasteiger partial charge in [0.15, 0.2) is 5.82 Å². The van der Waals surface area contributed by atoms with Crippen LogP contribution in [0.2, 0.25) is 0 Å². The van der Waals surface area contributed by atoms with Gasteiger partial charge in [-0.1, -0.05) is 0 Å². The van der Waals surface area contributed by atoms with E-state index in [4.69, 9.17) is 0 Å². The predicted molar refractivity (Wildman–Crippen MR) is 79.8 cm³/mol. The third-order valence-corrected chi connectivity index (χ3v) is 4.19. The Kier molecular flexibility index (Phi) is 3.99. The lowest BCUT2D eigenvalue weighted by molar-refractivity contribution is 0.0674. The van der Waals surface area contributed by atoms with Gasteiger partial charge in [0.2, 0.25) is 0 Å². The summed E-state index contributed by atoms with van der Waals surface area (Å²) in [5.74, 6) is 1.23. The molecule has 0 bridgehead atoms. The van der Waals surface area contributed by atoms with E-state index >= 15 is 0 Å². The molecule has 21 heavy (non-hydrogen) atoms. The van der Waals surface area contributed by atoms with Crippen LogP contribution in [0.3, 0.4) is 0 Å². The molecule has 1 aliphatic rings. The fourth-order valence-electron chi connectivity index (χ4n) is 2.91. The first kappa shape index (κ1) is 13.8. The summed E-state index contributed by atoms with van der Waals surface area (Å²) in [7, 11) is 1.86. The number of piperidine rings is 1. The molecule has 0 saturated carbocycles. The van der Waals surface area contributed by atoms with Crippen LogP contribution in [0.1, 0.15) is 29.0 Å². The van der Waals surface area contributed by atoms with Gasteiger partial charge in [0.1, 0.15) is 0 Å². The number of pyridine rings is 1. The zero-order valence-corrected chi connectivity index (χ0v) is 12.3. The van der Waals surface area contributed by atoms with E-state index in [1.807, 2.05) is 30.5 Å². The van der Waals surface area contributed by atoms with Crippen LogP contribution in [-0.4, -0.2) is 38.4 Å². The highest BCUT2D eigenvalue weighted by Crippen LogP contribution is 2.22. The largest absolute Gasteiger partial charge is 0.336 e. The second kappa shape index (κ2) is 6.08. The van der Waals surface area contributed by atoms with Gasteiger partial charge in [0.25, 0.3) is 5.91 Å². The van der Waals surface area contributed by atoms with E-state index in [1.54, 1.807) is 10.8 Å². The number of rotatable bonds is 3. The number of aryl methyl sites for hydroxylation is 1. The first-order chi connectivity index (χ1) is 10.2. The van der Waals surface area contributed by atoms with Crippen molar-refractivity contribution in [3.8, 4) is 0 Å². The Balaban J connectivity index is 1.56. The highest BCUT2D eigenvalue weighted by Gasteiger charge is 2.25. The number of nitrogens with zero attached hydrogens (tertiary/aromatic N) is 4. The number of aromatic nitrogens is 3. The lowest BCUT2D eigenvalue weighted by Gasteiger charge is -2.31. The van der Waals surface area contributed by atoms with Crippen molar-refractivity contribution in [2.75, 3.05) is 13.1 Å². The van der Waals surface area contributed by atoms with Crippen LogP contribution in [-0.2, 0) is 13.5 Å². The number of imidazole rings is 1. The van der Waals surface area contributed by atoms with Gasteiger partial charge in [-0.3, -0.25) is 9.78 Å². The van der Waals surface area contributed by atoms with Gasteiger partial charge < -0.3 is 9.47 Å². The lowest BCUT2D eigenvalue weighted by Crippen LogP contribution is -2.39. The van der Waals surface area contributed by atoms with E-state index in [0.29, 0.717) is 11.7 Å². The Morgan fingerprint density at radius 2 is 1.95 bits per heavy atom. The fourth-order valence-corrected chi connectivity index (χ4v) is 2.91. The van der Waals surface area contributed by atoms with Crippen molar-refractivity contribution in [2.45, 2.75) is 19.3 Å². The molecule has 0 unspecified atom stereocenters. The summed E-state index contributed by atoms with van der Waals surface area (Å²) >= 11 is 0. The minimum atomic E-state index is 0.0462. The van der Waals surface area contributed by atoms with Gasteiger partial charge >= 0.3 is 0 Å². The average Bonchev–Trinajstić information content (AvgIpc) is 2.94. The highest BCUT2D eigenvalue weighted by atomic mass is 16.2. The second-order valence-corrected chi connectivity index (χ2v) is 5.66. The zero-order valence-electron chi connectivity index (χ0n) is 12.3. The van der Waals surface area contributed by atoms with Crippen LogP contribution in [0.5, 0.6) is 0 Å². The first-order valence-corrected chi connectivity index (χ1v) is 7.39. The molecule has 2 aromatic rings. The third-order valence-electron chi connectivity index (χ3n) is 4.19. The molecule has 5 nitrogen and oxygen atoms in total. The molecule has 0 N–H and O–H groups in total. The molecule has 3 rings (SSSR count). The topological polar surface area (TPSA) is 51.0 Å². The smallest absolute Gasteiger partial charge is 0.289 e. The van der Waals surface area contributed by atoms with E-state index in [-0.39, 0.29) is 5.91 Å². The fraction of sp³-hybridized carbons (Fsp3) is 0.438. The van der Waals surface area contributed by atoms with Crippen LogP contribution < -0.4 is 0 Å². The van der Waals surface area contributed by atoms with Gasteiger partial charge in [-0.15, -0.1) is 0 Å². The molecule has 0 aliphatic carbocycles. The minimum absolute atomic E-state index is 0.0462. The molecule has 3 heterocycles. The molecule has 2 aromatic heterocycles. The number of likely N-dealkylation sites (tertiary alicyclic amines) is 1. The van der Waals surface area contributed by atoms with Gasteiger partial charge in [-0.2, -0.15) is 0 Å².